The molecule has 1 aliphatic rings. The number of alkyl halides is 3. The summed E-state index contributed by atoms with van der Waals surface area (Å²) in [5.41, 5.74) is 3.76. The molecule has 0 saturated carbocycles. The van der Waals surface area contributed by atoms with Crippen LogP contribution >= 0.6 is 0 Å². The second kappa shape index (κ2) is 4.23. The van der Waals surface area contributed by atoms with Crippen LogP contribution in [0.5, 0.6) is 0 Å². The van der Waals surface area contributed by atoms with Crippen LogP contribution in [0.15, 0.2) is 30.0 Å². The van der Waals surface area contributed by atoms with E-state index in [1.165, 1.54) is 6.07 Å². The van der Waals surface area contributed by atoms with E-state index in [0.717, 1.165) is 18.2 Å². The lowest BCUT2D eigenvalue weighted by Crippen LogP contribution is -2.40. The van der Waals surface area contributed by atoms with Crippen molar-refractivity contribution in [2.45, 2.75) is 25.6 Å². The van der Waals surface area contributed by atoms with Crippen molar-refractivity contribution in [2.24, 2.45) is 5.73 Å². The first-order valence-electron chi connectivity index (χ1n) is 5.67. The fraction of sp³-hybridized carbons (Fsp3) is 0.333. The van der Waals surface area contributed by atoms with Gasteiger partial charge in [0.05, 0.1) is 11.1 Å². The molecule has 20 heavy (non-hydrogen) atoms. The van der Waals surface area contributed by atoms with Gasteiger partial charge < -0.3 is 5.73 Å². The molecular formula is C12H13F3N2O2S. The Morgan fingerprint density at radius 3 is 2.30 bits per heavy atom. The molecule has 4 nitrogen and oxygen atoms in total. The molecule has 0 aliphatic carbocycles. The number of hydrogen-bond donors (Lipinski definition) is 2. The van der Waals surface area contributed by atoms with Gasteiger partial charge in [-0.2, -0.15) is 17.9 Å². The normalized spacial score (nSPS) is 21.2. The van der Waals surface area contributed by atoms with E-state index in [1.807, 2.05) is 0 Å². The zero-order chi connectivity index (χ0) is 15.3. The maximum Gasteiger partial charge on any atom is 0.416 e. The smallest absolute Gasteiger partial charge is 0.399 e. The van der Waals surface area contributed by atoms with Gasteiger partial charge in [-0.15, -0.1) is 0 Å². The molecule has 0 bridgehead atoms. The van der Waals surface area contributed by atoms with Crippen molar-refractivity contribution in [3.8, 4) is 0 Å². The summed E-state index contributed by atoms with van der Waals surface area (Å²) in [6, 6.07) is 4.10. The van der Waals surface area contributed by atoms with Gasteiger partial charge in [-0.1, -0.05) is 12.1 Å². The zero-order valence-electron chi connectivity index (χ0n) is 10.7. The average Bonchev–Trinajstić information content (AvgIpc) is 2.42. The Hall–Kier alpha value is -1.54. The number of benzene rings is 1. The van der Waals surface area contributed by atoms with E-state index >= 15 is 0 Å². The van der Waals surface area contributed by atoms with Crippen molar-refractivity contribution in [1.82, 2.24) is 4.72 Å². The molecule has 2 rings (SSSR count). The monoisotopic (exact) mass is 306 g/mol. The Bertz CT molecular complexity index is 691. The lowest BCUT2D eigenvalue weighted by atomic mass is 9.99. The lowest BCUT2D eigenvalue weighted by molar-refractivity contribution is -0.137. The van der Waals surface area contributed by atoms with Crippen molar-refractivity contribution in [3.63, 3.8) is 0 Å². The van der Waals surface area contributed by atoms with Crippen LogP contribution in [0.1, 0.15) is 25.0 Å². The molecule has 0 amide bonds. The van der Waals surface area contributed by atoms with Crippen LogP contribution in [0.25, 0.3) is 4.91 Å². The summed E-state index contributed by atoms with van der Waals surface area (Å²) in [5, 5.41) is 0. The Morgan fingerprint density at radius 1 is 1.25 bits per heavy atom. The molecule has 110 valence electrons. The van der Waals surface area contributed by atoms with E-state index in [4.69, 9.17) is 5.73 Å². The van der Waals surface area contributed by atoms with E-state index in [0.29, 0.717) is 0 Å². The molecule has 8 heteroatoms. The van der Waals surface area contributed by atoms with Gasteiger partial charge in [0, 0.05) is 5.70 Å². The minimum absolute atomic E-state index is 0.00294. The number of rotatable bonds is 1. The summed E-state index contributed by atoms with van der Waals surface area (Å²) in [4.78, 5) is -0.298. The summed E-state index contributed by atoms with van der Waals surface area (Å²) >= 11 is 0. The van der Waals surface area contributed by atoms with Gasteiger partial charge in [-0.25, -0.2) is 8.42 Å². The number of halogens is 3. The standard InChI is InChI=1S/C12H13F3N2O2S/c1-11(2)10(16)9(20(18,19)17-11)7-4-3-5-8(6-7)12(13,14)15/h3-6,17H,16H2,1-2H3. The highest BCUT2D eigenvalue weighted by Gasteiger charge is 2.42. The highest BCUT2D eigenvalue weighted by Crippen LogP contribution is 2.37. The third-order valence-electron chi connectivity index (χ3n) is 3.03. The topological polar surface area (TPSA) is 72.2 Å². The molecule has 3 N–H and O–H groups in total. The van der Waals surface area contributed by atoms with Crippen molar-refractivity contribution in [1.29, 1.82) is 0 Å². The molecular weight excluding hydrogens is 293 g/mol. The molecule has 0 atom stereocenters. The third kappa shape index (κ3) is 2.40. The average molecular weight is 306 g/mol. The first-order chi connectivity index (χ1) is 8.95. The predicted octanol–water partition coefficient (Wildman–Crippen LogP) is 2.04. The third-order valence-corrected chi connectivity index (χ3v) is 4.80. The highest BCUT2D eigenvalue weighted by molar-refractivity contribution is 7.99. The largest absolute Gasteiger partial charge is 0.416 e. The van der Waals surface area contributed by atoms with Crippen molar-refractivity contribution in [2.75, 3.05) is 0 Å². The maximum absolute atomic E-state index is 12.7. The first-order valence-corrected chi connectivity index (χ1v) is 7.15. The van der Waals surface area contributed by atoms with E-state index in [-0.39, 0.29) is 16.2 Å². The number of nitrogens with one attached hydrogen (secondary N) is 1. The SMILES string of the molecule is CC1(C)NS(=O)(=O)C(c2cccc(C(F)(F)F)c2)=C1N. The quantitative estimate of drug-likeness (QED) is 0.834. The van der Waals surface area contributed by atoms with Crippen LogP contribution < -0.4 is 10.5 Å². The summed E-state index contributed by atoms with van der Waals surface area (Å²) in [7, 11) is -3.92. The summed E-state index contributed by atoms with van der Waals surface area (Å²) in [5.74, 6) is 0. The highest BCUT2D eigenvalue weighted by atomic mass is 32.2. The van der Waals surface area contributed by atoms with Crippen molar-refractivity contribution >= 4 is 14.9 Å². The van der Waals surface area contributed by atoms with Crippen LogP contribution in [0, 0.1) is 0 Å². The first kappa shape index (κ1) is 14.9. The second-order valence-electron chi connectivity index (χ2n) is 5.05. The van der Waals surface area contributed by atoms with Gasteiger partial charge in [-0.3, -0.25) is 0 Å². The van der Waals surface area contributed by atoms with Gasteiger partial charge in [0.25, 0.3) is 0 Å². The minimum Gasteiger partial charge on any atom is -0.399 e. The van der Waals surface area contributed by atoms with Crippen LogP contribution in [0.2, 0.25) is 0 Å². The van der Waals surface area contributed by atoms with Crippen LogP contribution in [0.4, 0.5) is 13.2 Å². The summed E-state index contributed by atoms with van der Waals surface area (Å²) < 4.78 is 64.4. The number of sulfonamides is 1. The fourth-order valence-corrected chi connectivity index (χ4v) is 3.88. The Kier molecular flexibility index (Phi) is 3.14. The number of hydrogen-bond acceptors (Lipinski definition) is 3. The molecule has 0 radical (unpaired) electrons. The van der Waals surface area contributed by atoms with Crippen LogP contribution in [-0.4, -0.2) is 14.0 Å². The fourth-order valence-electron chi connectivity index (χ4n) is 2.02. The van der Waals surface area contributed by atoms with Crippen LogP contribution in [-0.2, 0) is 16.2 Å². The maximum atomic E-state index is 12.7. The summed E-state index contributed by atoms with van der Waals surface area (Å²) in [6.45, 7) is 3.08. The van der Waals surface area contributed by atoms with Gasteiger partial charge in [-0.05, 0) is 31.5 Å². The Morgan fingerprint density at radius 2 is 1.85 bits per heavy atom. The molecule has 0 saturated heterocycles. The molecule has 0 spiro atoms. The lowest BCUT2D eigenvalue weighted by Gasteiger charge is -2.17. The van der Waals surface area contributed by atoms with E-state index in [2.05, 4.69) is 4.72 Å². The van der Waals surface area contributed by atoms with E-state index in [9.17, 15) is 21.6 Å². The molecule has 0 aromatic heterocycles. The Balaban J connectivity index is 2.66. The van der Waals surface area contributed by atoms with Crippen LogP contribution in [0.3, 0.4) is 0 Å². The molecule has 0 fully saturated rings. The molecule has 1 aromatic carbocycles. The van der Waals surface area contributed by atoms with E-state index < -0.39 is 27.3 Å². The van der Waals surface area contributed by atoms with Gasteiger partial charge in [0.1, 0.15) is 4.91 Å². The molecule has 1 aromatic rings. The van der Waals surface area contributed by atoms with Crippen molar-refractivity contribution < 1.29 is 21.6 Å². The van der Waals surface area contributed by atoms with Gasteiger partial charge in [0.15, 0.2) is 0 Å². The minimum atomic E-state index is -4.54. The van der Waals surface area contributed by atoms with Gasteiger partial charge >= 0.3 is 6.18 Å². The van der Waals surface area contributed by atoms with E-state index in [1.54, 1.807) is 13.8 Å². The van der Waals surface area contributed by atoms with Gasteiger partial charge in [0.2, 0.25) is 10.0 Å². The van der Waals surface area contributed by atoms with Crippen molar-refractivity contribution in [3.05, 3.63) is 41.1 Å². The molecule has 1 heterocycles. The second-order valence-corrected chi connectivity index (χ2v) is 6.67. The predicted molar refractivity (Wildman–Crippen MR) is 68.7 cm³/mol. The molecule has 0 unspecified atom stereocenters. The zero-order valence-corrected chi connectivity index (χ0v) is 11.6. The number of nitrogens with two attached hydrogens (primary N) is 1. The Labute approximate surface area is 114 Å². The summed E-state index contributed by atoms with van der Waals surface area (Å²) in [6.07, 6.45) is -4.54. The molecule has 1 aliphatic heterocycles.